The van der Waals surface area contributed by atoms with Crippen molar-refractivity contribution in [3.8, 4) is 0 Å². The fraction of sp³-hybridized carbons (Fsp3) is 0.308. The molecule has 0 aliphatic carbocycles. The molecule has 0 fully saturated rings. The van der Waals surface area contributed by atoms with Crippen molar-refractivity contribution in [2.45, 2.75) is 26.8 Å². The smallest absolute Gasteiger partial charge is 0.185 e. The van der Waals surface area contributed by atoms with Crippen LogP contribution < -0.4 is 5.32 Å². The van der Waals surface area contributed by atoms with Gasteiger partial charge < -0.3 is 5.32 Å². The van der Waals surface area contributed by atoms with E-state index in [0.717, 1.165) is 11.3 Å². The summed E-state index contributed by atoms with van der Waals surface area (Å²) < 4.78 is 0. The van der Waals surface area contributed by atoms with E-state index in [9.17, 15) is 4.79 Å². The lowest BCUT2D eigenvalue weighted by Crippen LogP contribution is -2.10. The Morgan fingerprint density at radius 1 is 1.40 bits per heavy atom. The molecule has 1 aromatic rings. The highest BCUT2D eigenvalue weighted by Crippen LogP contribution is 2.12. The second kappa shape index (κ2) is 5.35. The highest BCUT2D eigenvalue weighted by atomic mass is 16.1. The molecular formula is C13H17NO. The zero-order chi connectivity index (χ0) is 11.3. The average Bonchev–Trinajstić information content (AvgIpc) is 2.17. The van der Waals surface area contributed by atoms with Crippen molar-refractivity contribution < 1.29 is 4.79 Å². The van der Waals surface area contributed by atoms with E-state index < -0.39 is 0 Å². The van der Waals surface area contributed by atoms with Crippen LogP contribution in [0.4, 0.5) is 5.69 Å². The van der Waals surface area contributed by atoms with Gasteiger partial charge in [-0.25, -0.2) is 0 Å². The normalized spacial score (nSPS) is 10.9. The SMILES string of the molecule is CC=CC(=O)c1cccc(NC(C)C)c1. The Bertz CT molecular complexity index is 367. The third kappa shape index (κ3) is 3.58. The average molecular weight is 203 g/mol. The zero-order valence-electron chi connectivity index (χ0n) is 9.45. The number of carbonyl (C=O) groups excluding carboxylic acids is 1. The molecule has 0 bridgehead atoms. The number of carbonyl (C=O) groups is 1. The van der Waals surface area contributed by atoms with Crippen molar-refractivity contribution in [1.82, 2.24) is 0 Å². The van der Waals surface area contributed by atoms with Crippen LogP contribution in [0.1, 0.15) is 31.1 Å². The molecular weight excluding hydrogens is 186 g/mol. The third-order valence-corrected chi connectivity index (χ3v) is 1.92. The van der Waals surface area contributed by atoms with E-state index in [1.54, 1.807) is 12.2 Å². The first kappa shape index (κ1) is 11.5. The number of ketones is 1. The van der Waals surface area contributed by atoms with E-state index in [4.69, 9.17) is 0 Å². The Morgan fingerprint density at radius 3 is 2.73 bits per heavy atom. The van der Waals surface area contributed by atoms with Gasteiger partial charge in [-0.05, 0) is 39.0 Å². The van der Waals surface area contributed by atoms with Crippen LogP contribution in [0, 0.1) is 0 Å². The van der Waals surface area contributed by atoms with E-state index in [0.29, 0.717) is 6.04 Å². The van der Waals surface area contributed by atoms with Gasteiger partial charge >= 0.3 is 0 Å². The molecule has 0 aromatic heterocycles. The van der Waals surface area contributed by atoms with Crippen LogP contribution in [-0.4, -0.2) is 11.8 Å². The number of benzene rings is 1. The molecule has 0 amide bonds. The minimum Gasteiger partial charge on any atom is -0.383 e. The maximum atomic E-state index is 11.6. The van der Waals surface area contributed by atoms with Gasteiger partial charge in [-0.3, -0.25) is 4.79 Å². The quantitative estimate of drug-likeness (QED) is 0.601. The van der Waals surface area contributed by atoms with Crippen molar-refractivity contribution in [2.24, 2.45) is 0 Å². The highest BCUT2D eigenvalue weighted by molar-refractivity contribution is 6.04. The summed E-state index contributed by atoms with van der Waals surface area (Å²) in [5.74, 6) is 0.0462. The Labute approximate surface area is 91.0 Å². The molecule has 0 radical (unpaired) electrons. The number of rotatable bonds is 4. The minimum atomic E-state index is 0.0462. The topological polar surface area (TPSA) is 29.1 Å². The first-order valence-corrected chi connectivity index (χ1v) is 5.17. The largest absolute Gasteiger partial charge is 0.383 e. The minimum absolute atomic E-state index is 0.0462. The fourth-order valence-corrected chi connectivity index (χ4v) is 1.34. The van der Waals surface area contributed by atoms with Gasteiger partial charge in [0.25, 0.3) is 0 Å². The molecule has 0 saturated heterocycles. The van der Waals surface area contributed by atoms with Crippen LogP contribution in [-0.2, 0) is 0 Å². The summed E-state index contributed by atoms with van der Waals surface area (Å²) in [5.41, 5.74) is 1.71. The first-order chi connectivity index (χ1) is 7.13. The van der Waals surface area contributed by atoms with Gasteiger partial charge in [0, 0.05) is 17.3 Å². The zero-order valence-corrected chi connectivity index (χ0v) is 9.45. The molecule has 0 heterocycles. The summed E-state index contributed by atoms with van der Waals surface area (Å²) in [7, 11) is 0. The highest BCUT2D eigenvalue weighted by Gasteiger charge is 2.02. The lowest BCUT2D eigenvalue weighted by Gasteiger charge is -2.10. The second-order valence-electron chi connectivity index (χ2n) is 3.74. The fourth-order valence-electron chi connectivity index (χ4n) is 1.34. The van der Waals surface area contributed by atoms with Gasteiger partial charge in [0.15, 0.2) is 5.78 Å². The van der Waals surface area contributed by atoms with Crippen molar-refractivity contribution in [3.05, 3.63) is 42.0 Å². The van der Waals surface area contributed by atoms with Crippen LogP contribution in [0.3, 0.4) is 0 Å². The molecule has 0 unspecified atom stereocenters. The van der Waals surface area contributed by atoms with E-state index in [1.165, 1.54) is 0 Å². The summed E-state index contributed by atoms with van der Waals surface area (Å²) >= 11 is 0. The molecule has 2 heteroatoms. The number of nitrogens with one attached hydrogen (secondary N) is 1. The van der Waals surface area contributed by atoms with Crippen LogP contribution >= 0.6 is 0 Å². The second-order valence-corrected chi connectivity index (χ2v) is 3.74. The number of hydrogen-bond donors (Lipinski definition) is 1. The van der Waals surface area contributed by atoms with Gasteiger partial charge in [0.05, 0.1) is 0 Å². The summed E-state index contributed by atoms with van der Waals surface area (Å²) in [5, 5.41) is 3.27. The lowest BCUT2D eigenvalue weighted by molar-refractivity contribution is 0.104. The molecule has 1 N–H and O–H groups in total. The van der Waals surface area contributed by atoms with Gasteiger partial charge in [-0.15, -0.1) is 0 Å². The molecule has 1 rings (SSSR count). The maximum absolute atomic E-state index is 11.6. The molecule has 0 aliphatic heterocycles. The van der Waals surface area contributed by atoms with Crippen LogP contribution in [0.5, 0.6) is 0 Å². The van der Waals surface area contributed by atoms with Crippen molar-refractivity contribution >= 4 is 11.5 Å². The standard InChI is InChI=1S/C13H17NO/c1-4-6-13(15)11-7-5-8-12(9-11)14-10(2)3/h4-10,14H,1-3H3. The van der Waals surface area contributed by atoms with Crippen molar-refractivity contribution in [1.29, 1.82) is 0 Å². The predicted octanol–water partition coefficient (Wildman–Crippen LogP) is 3.27. The summed E-state index contributed by atoms with van der Waals surface area (Å²) in [4.78, 5) is 11.6. The van der Waals surface area contributed by atoms with Gasteiger partial charge in [0.2, 0.25) is 0 Å². The van der Waals surface area contributed by atoms with Crippen molar-refractivity contribution in [2.75, 3.05) is 5.32 Å². The van der Waals surface area contributed by atoms with Gasteiger partial charge in [0.1, 0.15) is 0 Å². The number of anilines is 1. The monoisotopic (exact) mass is 203 g/mol. The van der Waals surface area contributed by atoms with E-state index in [2.05, 4.69) is 19.2 Å². The number of hydrogen-bond acceptors (Lipinski definition) is 2. The molecule has 80 valence electrons. The molecule has 0 saturated carbocycles. The van der Waals surface area contributed by atoms with E-state index in [1.807, 2.05) is 31.2 Å². The number of allylic oxidation sites excluding steroid dienone is 2. The molecule has 0 aliphatic rings. The Hall–Kier alpha value is -1.57. The summed E-state index contributed by atoms with van der Waals surface area (Å²) in [6, 6.07) is 7.93. The molecule has 15 heavy (non-hydrogen) atoms. The van der Waals surface area contributed by atoms with Crippen LogP contribution in [0.25, 0.3) is 0 Å². The summed E-state index contributed by atoms with van der Waals surface area (Å²) in [6.45, 7) is 5.98. The Morgan fingerprint density at radius 2 is 2.13 bits per heavy atom. The predicted molar refractivity (Wildman–Crippen MR) is 64.3 cm³/mol. The lowest BCUT2D eigenvalue weighted by atomic mass is 10.1. The van der Waals surface area contributed by atoms with Crippen molar-refractivity contribution in [3.63, 3.8) is 0 Å². The van der Waals surface area contributed by atoms with Crippen LogP contribution in [0.15, 0.2) is 36.4 Å². The van der Waals surface area contributed by atoms with Crippen LogP contribution in [0.2, 0.25) is 0 Å². The van der Waals surface area contributed by atoms with E-state index in [-0.39, 0.29) is 5.78 Å². The Kier molecular flexibility index (Phi) is 4.10. The Balaban J connectivity index is 2.87. The first-order valence-electron chi connectivity index (χ1n) is 5.17. The maximum Gasteiger partial charge on any atom is 0.185 e. The van der Waals surface area contributed by atoms with Gasteiger partial charge in [-0.2, -0.15) is 0 Å². The van der Waals surface area contributed by atoms with Gasteiger partial charge in [-0.1, -0.05) is 18.2 Å². The molecule has 0 spiro atoms. The molecule has 1 aromatic carbocycles. The molecule has 0 atom stereocenters. The third-order valence-electron chi connectivity index (χ3n) is 1.92. The summed E-state index contributed by atoms with van der Waals surface area (Å²) in [6.07, 6.45) is 3.33. The molecule has 2 nitrogen and oxygen atoms in total. The van der Waals surface area contributed by atoms with E-state index >= 15 is 0 Å².